The molecule has 0 aromatic heterocycles. The van der Waals surface area contributed by atoms with E-state index >= 15 is 0 Å². The maximum absolute atomic E-state index is 5.81. The molecule has 14 heavy (non-hydrogen) atoms. The molecular formula is C10H18O3Si. The fourth-order valence-electron chi connectivity index (χ4n) is 1.53. The molecule has 0 saturated carbocycles. The molecule has 0 amide bonds. The van der Waals surface area contributed by atoms with Gasteiger partial charge in [-0.25, -0.2) is 0 Å². The molecule has 0 saturated heterocycles. The highest BCUT2D eigenvalue weighted by Gasteiger charge is 2.47. The predicted molar refractivity (Wildman–Crippen MR) is 58.0 cm³/mol. The normalized spacial score (nSPS) is 17.2. The van der Waals surface area contributed by atoms with Crippen molar-refractivity contribution in [3.63, 3.8) is 0 Å². The third kappa shape index (κ3) is 2.33. The van der Waals surface area contributed by atoms with Gasteiger partial charge in [-0.1, -0.05) is 24.3 Å². The minimum Gasteiger partial charge on any atom is -0.376 e. The Hall–Kier alpha value is -0.423. The zero-order chi connectivity index (χ0) is 10.6. The fourth-order valence-corrected chi connectivity index (χ4v) is 3.94. The molecule has 0 bridgehead atoms. The van der Waals surface area contributed by atoms with Gasteiger partial charge in [-0.15, -0.1) is 0 Å². The van der Waals surface area contributed by atoms with Crippen LogP contribution in [-0.2, 0) is 13.3 Å². The van der Waals surface area contributed by atoms with Crippen LogP contribution in [0.25, 0.3) is 0 Å². The SMILES string of the molecule is CO[Si](OC)(OC(C)C)C1C=CC=C1. The molecule has 0 fully saturated rings. The van der Waals surface area contributed by atoms with Crippen LogP contribution in [0.3, 0.4) is 0 Å². The van der Waals surface area contributed by atoms with Gasteiger partial charge in [0.1, 0.15) is 0 Å². The van der Waals surface area contributed by atoms with E-state index < -0.39 is 8.80 Å². The number of hydrogen-bond acceptors (Lipinski definition) is 3. The molecule has 0 spiro atoms. The fraction of sp³-hybridized carbons (Fsp3) is 0.600. The van der Waals surface area contributed by atoms with E-state index in [1.54, 1.807) is 14.2 Å². The smallest absolute Gasteiger partial charge is 0.376 e. The van der Waals surface area contributed by atoms with Crippen LogP contribution in [0.15, 0.2) is 24.3 Å². The van der Waals surface area contributed by atoms with E-state index in [4.69, 9.17) is 13.3 Å². The van der Waals surface area contributed by atoms with E-state index in [9.17, 15) is 0 Å². The Morgan fingerprint density at radius 2 is 1.57 bits per heavy atom. The van der Waals surface area contributed by atoms with Crippen LogP contribution in [0.1, 0.15) is 13.8 Å². The van der Waals surface area contributed by atoms with Crippen molar-refractivity contribution in [1.29, 1.82) is 0 Å². The van der Waals surface area contributed by atoms with E-state index in [-0.39, 0.29) is 11.6 Å². The average molecular weight is 214 g/mol. The number of allylic oxidation sites excluding steroid dienone is 4. The lowest BCUT2D eigenvalue weighted by Crippen LogP contribution is -2.48. The molecule has 4 heteroatoms. The van der Waals surface area contributed by atoms with Gasteiger partial charge in [0.2, 0.25) is 0 Å². The molecule has 0 N–H and O–H groups in total. The van der Waals surface area contributed by atoms with Crippen LogP contribution in [0, 0.1) is 0 Å². The van der Waals surface area contributed by atoms with E-state index in [0.717, 1.165) is 0 Å². The average Bonchev–Trinajstić information content (AvgIpc) is 2.67. The first-order chi connectivity index (χ1) is 6.64. The molecule has 0 aromatic rings. The van der Waals surface area contributed by atoms with Gasteiger partial charge < -0.3 is 13.3 Å². The number of hydrogen-bond donors (Lipinski definition) is 0. The van der Waals surface area contributed by atoms with Crippen LogP contribution in [0.4, 0.5) is 0 Å². The summed E-state index contributed by atoms with van der Waals surface area (Å²) in [5.41, 5.74) is 0.153. The summed E-state index contributed by atoms with van der Waals surface area (Å²) in [6.45, 7) is 3.98. The van der Waals surface area contributed by atoms with Gasteiger partial charge >= 0.3 is 8.80 Å². The molecule has 0 heterocycles. The van der Waals surface area contributed by atoms with Crippen molar-refractivity contribution in [2.45, 2.75) is 25.5 Å². The monoisotopic (exact) mass is 214 g/mol. The van der Waals surface area contributed by atoms with Gasteiger partial charge in [0, 0.05) is 20.3 Å². The topological polar surface area (TPSA) is 27.7 Å². The largest absolute Gasteiger partial charge is 0.511 e. The summed E-state index contributed by atoms with van der Waals surface area (Å²) in [5.74, 6) is 0. The van der Waals surface area contributed by atoms with Crippen LogP contribution in [0.5, 0.6) is 0 Å². The minimum atomic E-state index is -2.55. The Morgan fingerprint density at radius 1 is 1.07 bits per heavy atom. The first-order valence-electron chi connectivity index (χ1n) is 4.77. The maximum atomic E-state index is 5.81. The summed E-state index contributed by atoms with van der Waals surface area (Å²) in [6, 6.07) is 0. The van der Waals surface area contributed by atoms with E-state index in [0.29, 0.717) is 0 Å². The van der Waals surface area contributed by atoms with Gasteiger partial charge in [-0.3, -0.25) is 0 Å². The molecular weight excluding hydrogens is 196 g/mol. The second-order valence-electron chi connectivity index (χ2n) is 3.47. The van der Waals surface area contributed by atoms with Gasteiger partial charge in [0.15, 0.2) is 0 Å². The molecule has 1 aliphatic carbocycles. The maximum Gasteiger partial charge on any atom is 0.511 e. The zero-order valence-corrected chi connectivity index (χ0v) is 10.2. The lowest BCUT2D eigenvalue weighted by molar-refractivity contribution is 0.0679. The van der Waals surface area contributed by atoms with Crippen molar-refractivity contribution < 1.29 is 13.3 Å². The molecule has 0 aromatic carbocycles. The highest BCUT2D eigenvalue weighted by molar-refractivity contribution is 6.63. The van der Waals surface area contributed by atoms with Crippen molar-refractivity contribution in [2.75, 3.05) is 14.2 Å². The van der Waals surface area contributed by atoms with Crippen LogP contribution in [0.2, 0.25) is 5.54 Å². The molecule has 0 atom stereocenters. The minimum absolute atomic E-state index is 0.115. The molecule has 1 aliphatic rings. The third-order valence-corrected chi connectivity index (χ3v) is 5.26. The molecule has 1 rings (SSSR count). The predicted octanol–water partition coefficient (Wildman–Crippen LogP) is 2.14. The standard InChI is InChI=1S/C10H18O3Si/c1-9(2)13-14(11-3,12-4)10-7-5-6-8-10/h5-10H,1-4H3. The summed E-state index contributed by atoms with van der Waals surface area (Å²) in [5, 5.41) is 0. The summed E-state index contributed by atoms with van der Waals surface area (Å²) in [4.78, 5) is 0. The highest BCUT2D eigenvalue weighted by atomic mass is 28.4. The molecule has 3 nitrogen and oxygen atoms in total. The van der Waals surface area contributed by atoms with Gasteiger partial charge in [0.05, 0.1) is 5.54 Å². The van der Waals surface area contributed by atoms with Gasteiger partial charge in [0.25, 0.3) is 0 Å². The lowest BCUT2D eigenvalue weighted by Gasteiger charge is -2.31. The van der Waals surface area contributed by atoms with E-state index in [1.807, 2.05) is 26.0 Å². The van der Waals surface area contributed by atoms with Crippen molar-refractivity contribution in [1.82, 2.24) is 0 Å². The van der Waals surface area contributed by atoms with Crippen LogP contribution >= 0.6 is 0 Å². The van der Waals surface area contributed by atoms with Gasteiger partial charge in [-0.05, 0) is 13.8 Å². The Labute approximate surface area is 86.7 Å². The highest BCUT2D eigenvalue weighted by Crippen LogP contribution is 2.31. The van der Waals surface area contributed by atoms with Gasteiger partial charge in [-0.2, -0.15) is 0 Å². The second-order valence-corrected chi connectivity index (χ2v) is 6.40. The Bertz CT molecular complexity index is 220. The van der Waals surface area contributed by atoms with Crippen molar-refractivity contribution in [2.24, 2.45) is 0 Å². The quantitative estimate of drug-likeness (QED) is 0.656. The third-order valence-electron chi connectivity index (χ3n) is 2.13. The second kappa shape index (κ2) is 4.88. The zero-order valence-electron chi connectivity index (χ0n) is 9.19. The first-order valence-corrected chi connectivity index (χ1v) is 6.58. The van der Waals surface area contributed by atoms with Crippen molar-refractivity contribution >= 4 is 8.80 Å². The first kappa shape index (κ1) is 11.7. The Balaban J connectivity index is 2.78. The van der Waals surface area contributed by atoms with Crippen molar-refractivity contribution in [3.8, 4) is 0 Å². The molecule has 0 unspecified atom stereocenters. The Kier molecular flexibility index (Phi) is 4.06. The summed E-state index contributed by atoms with van der Waals surface area (Å²) < 4.78 is 16.8. The molecule has 0 aliphatic heterocycles. The summed E-state index contributed by atoms with van der Waals surface area (Å²) >= 11 is 0. The van der Waals surface area contributed by atoms with E-state index in [1.165, 1.54) is 0 Å². The van der Waals surface area contributed by atoms with Crippen LogP contribution < -0.4 is 0 Å². The van der Waals surface area contributed by atoms with E-state index in [2.05, 4.69) is 12.2 Å². The van der Waals surface area contributed by atoms with Crippen molar-refractivity contribution in [3.05, 3.63) is 24.3 Å². The lowest BCUT2D eigenvalue weighted by atomic mass is 10.5. The number of rotatable bonds is 5. The van der Waals surface area contributed by atoms with Crippen LogP contribution in [-0.4, -0.2) is 29.1 Å². The summed E-state index contributed by atoms with van der Waals surface area (Å²) in [6.07, 6.45) is 8.22. The molecule has 0 radical (unpaired) electrons. The Morgan fingerprint density at radius 3 is 1.93 bits per heavy atom. The summed E-state index contributed by atoms with van der Waals surface area (Å²) in [7, 11) is 0.755. The molecule has 80 valence electrons.